The van der Waals surface area contributed by atoms with E-state index in [0.29, 0.717) is 20.9 Å². The lowest BCUT2D eigenvalue weighted by molar-refractivity contribution is -0.143. The van der Waals surface area contributed by atoms with Gasteiger partial charge in [0.05, 0.1) is 16.0 Å². The van der Waals surface area contributed by atoms with Crippen LogP contribution in [0.15, 0.2) is 65.7 Å². The molecule has 4 aromatic rings. The number of alkyl halides is 6. The monoisotopic (exact) mass is 503 g/mol. The summed E-state index contributed by atoms with van der Waals surface area (Å²) in [4.78, 5) is 8.12. The third kappa shape index (κ3) is 4.93. The van der Waals surface area contributed by atoms with Gasteiger partial charge in [-0.1, -0.05) is 11.3 Å². The van der Waals surface area contributed by atoms with Gasteiger partial charge in [-0.25, -0.2) is 18.4 Å². The van der Waals surface area contributed by atoms with Crippen LogP contribution in [0, 0.1) is 0 Å². The normalized spacial score (nSPS) is 12.8. The van der Waals surface area contributed by atoms with Crippen molar-refractivity contribution in [2.45, 2.75) is 17.2 Å². The number of pyridine rings is 1. The van der Waals surface area contributed by atoms with Crippen molar-refractivity contribution in [3.8, 4) is 10.6 Å². The fourth-order valence-corrected chi connectivity index (χ4v) is 4.91. The number of sulfonamides is 1. The van der Waals surface area contributed by atoms with Gasteiger partial charge in [0.1, 0.15) is 15.4 Å². The van der Waals surface area contributed by atoms with E-state index in [1.165, 1.54) is 35.6 Å². The molecule has 0 aliphatic rings. The number of anilines is 1. The highest BCUT2D eigenvalue weighted by Crippen LogP contribution is 2.37. The number of aromatic nitrogens is 2. The van der Waals surface area contributed by atoms with Crippen molar-refractivity contribution in [3.63, 3.8) is 0 Å². The number of nitrogens with one attached hydrogen (secondary N) is 1. The minimum absolute atomic E-state index is 0.0519. The van der Waals surface area contributed by atoms with Gasteiger partial charge in [0, 0.05) is 17.4 Å². The van der Waals surface area contributed by atoms with Crippen LogP contribution < -0.4 is 4.72 Å². The average Bonchev–Trinajstić information content (AvgIpc) is 3.17. The predicted molar refractivity (Wildman–Crippen MR) is 110 cm³/mol. The Morgan fingerprint density at radius 2 is 1.45 bits per heavy atom. The Balaban J connectivity index is 1.65. The van der Waals surface area contributed by atoms with Crippen LogP contribution in [0.25, 0.3) is 20.9 Å². The molecule has 0 saturated carbocycles. The van der Waals surface area contributed by atoms with Gasteiger partial charge in [-0.3, -0.25) is 4.72 Å². The lowest BCUT2D eigenvalue weighted by atomic mass is 10.1. The molecule has 13 heteroatoms. The van der Waals surface area contributed by atoms with Gasteiger partial charge in [-0.2, -0.15) is 26.3 Å². The zero-order valence-corrected chi connectivity index (χ0v) is 17.7. The van der Waals surface area contributed by atoms with E-state index in [-0.39, 0.29) is 23.9 Å². The highest BCUT2D eigenvalue weighted by Gasteiger charge is 2.38. The summed E-state index contributed by atoms with van der Waals surface area (Å²) >= 11 is 1.30. The Morgan fingerprint density at radius 1 is 0.848 bits per heavy atom. The summed E-state index contributed by atoms with van der Waals surface area (Å²) in [6, 6.07) is 9.35. The van der Waals surface area contributed by atoms with Crippen LogP contribution in [0.4, 0.5) is 32.0 Å². The molecular formula is C20H11F6N3O2S2. The second kappa shape index (κ2) is 7.99. The molecule has 0 radical (unpaired) electrons. The highest BCUT2D eigenvalue weighted by molar-refractivity contribution is 7.92. The second-order valence-corrected chi connectivity index (χ2v) is 9.43. The van der Waals surface area contributed by atoms with Crippen LogP contribution >= 0.6 is 11.3 Å². The molecule has 0 aliphatic heterocycles. The quantitative estimate of drug-likeness (QED) is 0.337. The van der Waals surface area contributed by atoms with Crippen LogP contribution in [0.2, 0.25) is 0 Å². The van der Waals surface area contributed by atoms with E-state index >= 15 is 0 Å². The largest absolute Gasteiger partial charge is 0.416 e. The summed E-state index contributed by atoms with van der Waals surface area (Å²) in [5.41, 5.74) is -2.20. The van der Waals surface area contributed by atoms with Crippen LogP contribution in [-0.4, -0.2) is 18.4 Å². The molecule has 0 saturated heterocycles. The minimum Gasteiger partial charge on any atom is -0.280 e. The molecule has 0 unspecified atom stereocenters. The van der Waals surface area contributed by atoms with Gasteiger partial charge < -0.3 is 0 Å². The Morgan fingerprint density at radius 3 is 2.00 bits per heavy atom. The van der Waals surface area contributed by atoms with Gasteiger partial charge in [0.25, 0.3) is 10.0 Å². The van der Waals surface area contributed by atoms with E-state index in [0.717, 1.165) is 0 Å². The fourth-order valence-electron chi connectivity index (χ4n) is 2.87. The van der Waals surface area contributed by atoms with Gasteiger partial charge in [-0.05, 0) is 54.6 Å². The van der Waals surface area contributed by atoms with Crippen molar-refractivity contribution in [2.75, 3.05) is 4.72 Å². The fraction of sp³-hybridized carbons (Fsp3) is 0.100. The molecule has 0 bridgehead atoms. The lowest BCUT2D eigenvalue weighted by Gasteiger charge is -2.15. The molecule has 33 heavy (non-hydrogen) atoms. The summed E-state index contributed by atoms with van der Waals surface area (Å²) in [7, 11) is -4.75. The van der Waals surface area contributed by atoms with Crippen molar-refractivity contribution in [1.29, 1.82) is 0 Å². The predicted octanol–water partition coefficient (Wildman–Crippen LogP) is 6.20. The molecule has 0 aliphatic carbocycles. The molecule has 0 amide bonds. The van der Waals surface area contributed by atoms with Crippen LogP contribution in [0.1, 0.15) is 11.1 Å². The first kappa shape index (κ1) is 23.0. The van der Waals surface area contributed by atoms with Crippen LogP contribution in [-0.2, 0) is 22.4 Å². The van der Waals surface area contributed by atoms with Crippen molar-refractivity contribution < 1.29 is 34.8 Å². The van der Waals surface area contributed by atoms with Crippen molar-refractivity contribution in [3.05, 3.63) is 71.9 Å². The smallest absolute Gasteiger partial charge is 0.280 e. The molecule has 5 nitrogen and oxygen atoms in total. The second-order valence-electron chi connectivity index (χ2n) is 6.77. The molecule has 2 heterocycles. The summed E-state index contributed by atoms with van der Waals surface area (Å²) < 4.78 is 105. The highest BCUT2D eigenvalue weighted by atomic mass is 32.2. The molecule has 172 valence electrons. The molecule has 1 N–H and O–H groups in total. The summed E-state index contributed by atoms with van der Waals surface area (Å²) in [6.07, 6.45) is -8.72. The van der Waals surface area contributed by atoms with E-state index in [9.17, 15) is 34.8 Å². The number of halogens is 6. The van der Waals surface area contributed by atoms with Crippen molar-refractivity contribution in [1.82, 2.24) is 9.97 Å². The molecule has 4 rings (SSSR count). The third-order valence-electron chi connectivity index (χ3n) is 4.42. The van der Waals surface area contributed by atoms with E-state index in [1.54, 1.807) is 18.3 Å². The number of nitrogens with zero attached hydrogens (tertiary/aromatic N) is 2. The summed E-state index contributed by atoms with van der Waals surface area (Å²) in [5, 5.41) is 0.603. The lowest BCUT2D eigenvalue weighted by Crippen LogP contribution is -2.17. The third-order valence-corrected chi connectivity index (χ3v) is 6.81. The Bertz CT molecular complexity index is 1360. The van der Waals surface area contributed by atoms with Crippen LogP contribution in [0.3, 0.4) is 0 Å². The van der Waals surface area contributed by atoms with Crippen LogP contribution in [0.5, 0.6) is 0 Å². The van der Waals surface area contributed by atoms with Crippen molar-refractivity contribution >= 4 is 37.4 Å². The number of benzene rings is 2. The van der Waals surface area contributed by atoms with E-state index in [1.807, 2.05) is 4.72 Å². The molecule has 0 atom stereocenters. The number of rotatable bonds is 4. The number of hydrogen-bond acceptors (Lipinski definition) is 5. The Labute approximate surface area is 186 Å². The SMILES string of the molecule is O=S(=O)(Nc1ccc(-c2nc3cccnc3s2)cc1)c1cc(C(F)(F)F)cc(C(F)(F)F)c1. The van der Waals surface area contributed by atoms with E-state index < -0.39 is 38.4 Å². The van der Waals surface area contributed by atoms with Gasteiger partial charge in [-0.15, -0.1) is 0 Å². The Hall–Kier alpha value is -3.19. The maximum absolute atomic E-state index is 13.0. The molecule has 2 aromatic carbocycles. The minimum atomic E-state index is -5.17. The first-order chi connectivity index (χ1) is 15.3. The maximum Gasteiger partial charge on any atom is 0.416 e. The summed E-state index contributed by atoms with van der Waals surface area (Å²) in [6.45, 7) is 0. The molecular weight excluding hydrogens is 492 g/mol. The van der Waals surface area contributed by atoms with Crippen molar-refractivity contribution in [2.24, 2.45) is 0 Å². The average molecular weight is 503 g/mol. The molecule has 2 aromatic heterocycles. The van der Waals surface area contributed by atoms with E-state index in [4.69, 9.17) is 0 Å². The van der Waals surface area contributed by atoms with Gasteiger partial charge in [0.15, 0.2) is 0 Å². The standard InChI is InChI=1S/C20H11F6N3O2S2/c21-19(22,23)12-8-13(20(24,25)26)10-15(9-12)33(30,31)29-14-5-3-11(4-6-14)17-28-16-2-1-7-27-18(16)32-17/h1-10,29H. The maximum atomic E-state index is 13.0. The first-order valence-electron chi connectivity index (χ1n) is 8.97. The summed E-state index contributed by atoms with van der Waals surface area (Å²) in [5.74, 6) is 0. The van der Waals surface area contributed by atoms with Gasteiger partial charge >= 0.3 is 12.4 Å². The molecule has 0 spiro atoms. The zero-order chi connectivity index (χ0) is 24.0. The molecule has 0 fully saturated rings. The number of hydrogen-bond donors (Lipinski definition) is 1. The number of thiazole rings is 1. The first-order valence-corrected chi connectivity index (χ1v) is 11.3. The Kier molecular flexibility index (Phi) is 5.56. The van der Waals surface area contributed by atoms with E-state index in [2.05, 4.69) is 9.97 Å². The van der Waals surface area contributed by atoms with Gasteiger partial charge in [0.2, 0.25) is 0 Å². The topological polar surface area (TPSA) is 72.0 Å². The zero-order valence-electron chi connectivity index (χ0n) is 16.1. The number of fused-ring (bicyclic) bond motifs is 1.